The molecule has 1 atom stereocenters. The van der Waals surface area contributed by atoms with Crippen molar-refractivity contribution in [1.29, 1.82) is 0 Å². The van der Waals surface area contributed by atoms with Crippen molar-refractivity contribution in [2.75, 3.05) is 5.32 Å². The minimum Gasteiger partial charge on any atom is -0.389 e. The van der Waals surface area contributed by atoms with E-state index < -0.39 is 0 Å². The lowest BCUT2D eigenvalue weighted by Gasteiger charge is -2.18. The van der Waals surface area contributed by atoms with E-state index in [1.165, 1.54) is 0 Å². The Balaban J connectivity index is 2.29. The third-order valence-corrected chi connectivity index (χ3v) is 3.68. The summed E-state index contributed by atoms with van der Waals surface area (Å²) in [5.41, 5.74) is 8.63. The highest BCUT2D eigenvalue weighted by Gasteiger charge is 2.12. The molecule has 0 saturated carbocycles. The maximum atomic E-state index is 5.78. The van der Waals surface area contributed by atoms with Crippen molar-refractivity contribution >= 4 is 38.8 Å². The quantitative estimate of drug-likeness (QED) is 0.837. The topological polar surface area (TPSA) is 50.9 Å². The van der Waals surface area contributed by atoms with Gasteiger partial charge >= 0.3 is 0 Å². The SMILES string of the molecule is CC(Nc1cccc(Br)c1C(N)=S)c1cccnc1. The molecule has 1 aromatic heterocycles. The zero-order chi connectivity index (χ0) is 13.8. The summed E-state index contributed by atoms with van der Waals surface area (Å²) in [5, 5.41) is 3.41. The van der Waals surface area contributed by atoms with Gasteiger partial charge in [0.15, 0.2) is 0 Å². The van der Waals surface area contributed by atoms with E-state index in [0.29, 0.717) is 4.99 Å². The predicted octanol–water partition coefficient (Wildman–Crippen LogP) is 3.65. The highest BCUT2D eigenvalue weighted by atomic mass is 79.9. The summed E-state index contributed by atoms with van der Waals surface area (Å²) in [7, 11) is 0. The van der Waals surface area contributed by atoms with Crippen LogP contribution in [0.2, 0.25) is 0 Å². The van der Waals surface area contributed by atoms with Crippen LogP contribution >= 0.6 is 28.1 Å². The Morgan fingerprint density at radius 3 is 2.79 bits per heavy atom. The third kappa shape index (κ3) is 3.30. The Labute approximate surface area is 126 Å². The number of hydrogen-bond acceptors (Lipinski definition) is 3. The molecule has 1 heterocycles. The Bertz CT molecular complexity index is 586. The van der Waals surface area contributed by atoms with Crippen LogP contribution in [0.3, 0.4) is 0 Å². The maximum absolute atomic E-state index is 5.78. The van der Waals surface area contributed by atoms with E-state index in [1.54, 1.807) is 6.20 Å². The molecule has 0 aliphatic rings. The van der Waals surface area contributed by atoms with E-state index in [1.807, 2.05) is 36.5 Å². The molecule has 0 saturated heterocycles. The van der Waals surface area contributed by atoms with Crippen molar-refractivity contribution < 1.29 is 0 Å². The molecule has 0 amide bonds. The Hall–Kier alpha value is -1.46. The largest absolute Gasteiger partial charge is 0.389 e. The monoisotopic (exact) mass is 335 g/mol. The van der Waals surface area contributed by atoms with Gasteiger partial charge in [-0.25, -0.2) is 0 Å². The van der Waals surface area contributed by atoms with Crippen LogP contribution in [0.5, 0.6) is 0 Å². The van der Waals surface area contributed by atoms with Gasteiger partial charge in [-0.2, -0.15) is 0 Å². The van der Waals surface area contributed by atoms with E-state index in [9.17, 15) is 0 Å². The van der Waals surface area contributed by atoms with Crippen molar-refractivity contribution in [1.82, 2.24) is 4.98 Å². The fraction of sp³-hybridized carbons (Fsp3) is 0.143. The molecule has 1 aromatic carbocycles. The Morgan fingerprint density at radius 1 is 1.37 bits per heavy atom. The first-order chi connectivity index (χ1) is 9.09. The number of pyridine rings is 1. The molecule has 0 radical (unpaired) electrons. The second kappa shape index (κ2) is 6.12. The number of nitrogens with zero attached hydrogens (tertiary/aromatic N) is 1. The summed E-state index contributed by atoms with van der Waals surface area (Å²) in [6.07, 6.45) is 3.60. The van der Waals surface area contributed by atoms with Crippen molar-refractivity contribution in [2.24, 2.45) is 5.73 Å². The maximum Gasteiger partial charge on any atom is 0.107 e. The summed E-state index contributed by atoms with van der Waals surface area (Å²) >= 11 is 8.58. The molecule has 2 aromatic rings. The highest BCUT2D eigenvalue weighted by Crippen LogP contribution is 2.27. The van der Waals surface area contributed by atoms with Crippen molar-refractivity contribution in [3.05, 3.63) is 58.3 Å². The van der Waals surface area contributed by atoms with Crippen LogP contribution < -0.4 is 11.1 Å². The number of anilines is 1. The summed E-state index contributed by atoms with van der Waals surface area (Å²) in [5.74, 6) is 0. The molecule has 0 bridgehead atoms. The van der Waals surface area contributed by atoms with E-state index in [-0.39, 0.29) is 6.04 Å². The van der Waals surface area contributed by atoms with Crippen LogP contribution in [-0.4, -0.2) is 9.97 Å². The molecular weight excluding hydrogens is 322 g/mol. The molecule has 0 aliphatic heterocycles. The average molecular weight is 336 g/mol. The van der Waals surface area contributed by atoms with Crippen molar-refractivity contribution in [2.45, 2.75) is 13.0 Å². The lowest BCUT2D eigenvalue weighted by molar-refractivity contribution is 0.875. The number of thiocarbonyl (C=S) groups is 1. The summed E-state index contributed by atoms with van der Waals surface area (Å²) in [6, 6.07) is 9.91. The second-order valence-corrected chi connectivity index (χ2v) is 5.47. The van der Waals surface area contributed by atoms with Gasteiger partial charge in [0, 0.05) is 28.1 Å². The molecule has 0 spiro atoms. The number of aromatic nitrogens is 1. The van der Waals surface area contributed by atoms with Crippen molar-refractivity contribution in [3.63, 3.8) is 0 Å². The normalized spacial score (nSPS) is 11.9. The predicted molar refractivity (Wildman–Crippen MR) is 86.3 cm³/mol. The smallest absolute Gasteiger partial charge is 0.107 e. The fourth-order valence-electron chi connectivity index (χ4n) is 1.84. The van der Waals surface area contributed by atoms with E-state index >= 15 is 0 Å². The Morgan fingerprint density at radius 2 is 2.16 bits per heavy atom. The zero-order valence-electron chi connectivity index (χ0n) is 10.4. The molecular formula is C14H14BrN3S. The van der Waals surface area contributed by atoms with E-state index in [2.05, 4.69) is 33.2 Å². The van der Waals surface area contributed by atoms with Gasteiger partial charge in [0.2, 0.25) is 0 Å². The van der Waals surface area contributed by atoms with Gasteiger partial charge in [0.05, 0.1) is 6.04 Å². The van der Waals surface area contributed by atoms with Crippen LogP contribution in [0.25, 0.3) is 0 Å². The molecule has 3 N–H and O–H groups in total. The Kier molecular flexibility index (Phi) is 4.50. The molecule has 19 heavy (non-hydrogen) atoms. The van der Waals surface area contributed by atoms with Gasteiger partial charge in [-0.3, -0.25) is 4.98 Å². The molecule has 5 heteroatoms. The third-order valence-electron chi connectivity index (χ3n) is 2.82. The average Bonchev–Trinajstić information content (AvgIpc) is 2.39. The summed E-state index contributed by atoms with van der Waals surface area (Å²) in [6.45, 7) is 2.07. The highest BCUT2D eigenvalue weighted by molar-refractivity contribution is 9.10. The van der Waals surface area contributed by atoms with Gasteiger partial charge in [0.25, 0.3) is 0 Å². The molecule has 98 valence electrons. The number of nitrogens with two attached hydrogens (primary N) is 1. The number of rotatable bonds is 4. The van der Waals surface area contributed by atoms with Gasteiger partial charge in [0.1, 0.15) is 4.99 Å². The second-order valence-electron chi connectivity index (χ2n) is 4.18. The lowest BCUT2D eigenvalue weighted by atomic mass is 10.1. The van der Waals surface area contributed by atoms with Crippen LogP contribution in [-0.2, 0) is 0 Å². The summed E-state index contributed by atoms with van der Waals surface area (Å²) < 4.78 is 0.892. The van der Waals surface area contributed by atoms with Crippen LogP contribution in [0.1, 0.15) is 24.1 Å². The van der Waals surface area contributed by atoms with E-state index in [0.717, 1.165) is 21.3 Å². The standard InChI is InChI=1S/C14H14BrN3S/c1-9(10-4-3-7-17-8-10)18-12-6-2-5-11(15)13(12)14(16)19/h2-9,18H,1H3,(H2,16,19). The van der Waals surface area contributed by atoms with Crippen molar-refractivity contribution in [3.8, 4) is 0 Å². The molecule has 3 nitrogen and oxygen atoms in total. The molecule has 0 fully saturated rings. The number of halogens is 1. The minimum absolute atomic E-state index is 0.121. The number of nitrogens with one attached hydrogen (secondary N) is 1. The van der Waals surface area contributed by atoms with Crippen LogP contribution in [0, 0.1) is 0 Å². The molecule has 2 rings (SSSR count). The van der Waals surface area contributed by atoms with E-state index in [4.69, 9.17) is 18.0 Å². The van der Waals surface area contributed by atoms with Crippen LogP contribution in [0.4, 0.5) is 5.69 Å². The minimum atomic E-state index is 0.121. The molecule has 0 aliphatic carbocycles. The first kappa shape index (κ1) is 14.0. The van der Waals surface area contributed by atoms with Gasteiger partial charge in [-0.05, 0) is 46.6 Å². The first-order valence-corrected chi connectivity index (χ1v) is 7.04. The molecule has 1 unspecified atom stereocenters. The first-order valence-electron chi connectivity index (χ1n) is 5.84. The number of hydrogen-bond donors (Lipinski definition) is 2. The number of benzene rings is 1. The summed E-state index contributed by atoms with van der Waals surface area (Å²) in [4.78, 5) is 4.49. The zero-order valence-corrected chi connectivity index (χ0v) is 12.8. The fourth-order valence-corrected chi connectivity index (χ4v) is 2.77. The van der Waals surface area contributed by atoms with Gasteiger partial charge in [-0.15, -0.1) is 0 Å². The van der Waals surface area contributed by atoms with Gasteiger partial charge < -0.3 is 11.1 Å². The van der Waals surface area contributed by atoms with Gasteiger partial charge in [-0.1, -0.05) is 24.4 Å². The lowest BCUT2D eigenvalue weighted by Crippen LogP contribution is -2.15. The van der Waals surface area contributed by atoms with Crippen LogP contribution in [0.15, 0.2) is 47.2 Å².